The van der Waals surface area contributed by atoms with Gasteiger partial charge in [0, 0.05) is 6.20 Å². The van der Waals surface area contributed by atoms with Crippen LogP contribution in [0.25, 0.3) is 0 Å². The number of hydrogen-bond acceptors (Lipinski definition) is 3. The number of rotatable bonds is 4. The van der Waals surface area contributed by atoms with Crippen LogP contribution in [0.2, 0.25) is 0 Å². The Labute approximate surface area is 99.9 Å². The van der Waals surface area contributed by atoms with Gasteiger partial charge in [-0.05, 0) is 17.5 Å². The van der Waals surface area contributed by atoms with Gasteiger partial charge in [0.25, 0.3) is 0 Å². The Morgan fingerprint density at radius 3 is 2.81 bits per heavy atom. The second kappa shape index (κ2) is 5.12. The van der Waals surface area contributed by atoms with Gasteiger partial charge in [0.1, 0.15) is 12.4 Å². The van der Waals surface area contributed by atoms with Crippen molar-refractivity contribution in [1.82, 2.24) is 4.98 Å². The topological polar surface area (TPSA) is 22.1 Å². The molecule has 16 heavy (non-hydrogen) atoms. The number of benzene rings is 1. The van der Waals surface area contributed by atoms with E-state index in [1.807, 2.05) is 23.8 Å². The molecule has 0 atom stereocenters. The molecule has 0 saturated heterocycles. The molecule has 3 heteroatoms. The van der Waals surface area contributed by atoms with Crippen molar-refractivity contribution < 1.29 is 4.74 Å². The van der Waals surface area contributed by atoms with E-state index >= 15 is 0 Å². The van der Waals surface area contributed by atoms with Gasteiger partial charge in [0.2, 0.25) is 0 Å². The highest BCUT2D eigenvalue weighted by Gasteiger charge is 2.06. The van der Waals surface area contributed by atoms with Gasteiger partial charge in [-0.25, -0.2) is 0 Å². The fourth-order valence-corrected chi connectivity index (χ4v) is 2.06. The molecule has 2 nitrogen and oxygen atoms in total. The largest absolute Gasteiger partial charge is 0.488 e. The third-order valence-corrected chi connectivity index (χ3v) is 3.15. The van der Waals surface area contributed by atoms with E-state index in [1.54, 1.807) is 11.3 Å². The second-order valence-electron chi connectivity index (χ2n) is 3.95. The first-order chi connectivity index (χ1) is 7.77. The van der Waals surface area contributed by atoms with Gasteiger partial charge in [-0.1, -0.05) is 32.0 Å². The fraction of sp³-hybridized carbons (Fsp3) is 0.308. The molecule has 0 fully saturated rings. The molecular formula is C13H15NOS. The lowest BCUT2D eigenvalue weighted by molar-refractivity contribution is 0.305. The van der Waals surface area contributed by atoms with Gasteiger partial charge in [0.05, 0.1) is 10.4 Å². The maximum atomic E-state index is 5.81. The Kier molecular flexibility index (Phi) is 3.57. The molecule has 1 aromatic heterocycles. The molecule has 0 aliphatic rings. The summed E-state index contributed by atoms with van der Waals surface area (Å²) in [5, 5.41) is 0. The van der Waals surface area contributed by atoms with Gasteiger partial charge in [-0.15, -0.1) is 11.3 Å². The van der Waals surface area contributed by atoms with Crippen LogP contribution >= 0.6 is 11.3 Å². The summed E-state index contributed by atoms with van der Waals surface area (Å²) < 4.78 is 5.81. The van der Waals surface area contributed by atoms with E-state index in [1.165, 1.54) is 5.56 Å². The molecular weight excluding hydrogens is 218 g/mol. The van der Waals surface area contributed by atoms with Gasteiger partial charge in [-0.2, -0.15) is 0 Å². The first-order valence-electron chi connectivity index (χ1n) is 5.36. The van der Waals surface area contributed by atoms with E-state index in [2.05, 4.69) is 31.0 Å². The summed E-state index contributed by atoms with van der Waals surface area (Å²) in [4.78, 5) is 5.18. The molecule has 0 unspecified atom stereocenters. The minimum absolute atomic E-state index is 0.484. The van der Waals surface area contributed by atoms with Crippen LogP contribution in [0, 0.1) is 0 Å². The summed E-state index contributed by atoms with van der Waals surface area (Å²) in [6.45, 7) is 4.96. The van der Waals surface area contributed by atoms with E-state index in [0.29, 0.717) is 12.5 Å². The first kappa shape index (κ1) is 11.1. The Balaban J connectivity index is 2.09. The minimum atomic E-state index is 0.484. The van der Waals surface area contributed by atoms with Gasteiger partial charge >= 0.3 is 0 Å². The molecule has 1 heterocycles. The number of hydrogen-bond donors (Lipinski definition) is 0. The maximum absolute atomic E-state index is 5.81. The normalized spacial score (nSPS) is 10.7. The SMILES string of the molecule is CC(C)c1ccccc1OCc1cncs1. The number of ether oxygens (including phenoxy) is 1. The van der Waals surface area contributed by atoms with Gasteiger partial charge < -0.3 is 4.74 Å². The Bertz CT molecular complexity index is 437. The zero-order chi connectivity index (χ0) is 11.4. The molecule has 0 aliphatic heterocycles. The summed E-state index contributed by atoms with van der Waals surface area (Å²) in [7, 11) is 0. The fourth-order valence-electron chi connectivity index (χ4n) is 1.55. The zero-order valence-corrected chi connectivity index (χ0v) is 10.3. The van der Waals surface area contributed by atoms with E-state index in [9.17, 15) is 0 Å². The molecule has 0 saturated carbocycles. The maximum Gasteiger partial charge on any atom is 0.124 e. The molecule has 0 N–H and O–H groups in total. The van der Waals surface area contributed by atoms with Crippen molar-refractivity contribution in [1.29, 1.82) is 0 Å². The summed E-state index contributed by atoms with van der Waals surface area (Å²) in [6, 6.07) is 8.20. The summed E-state index contributed by atoms with van der Waals surface area (Å²) >= 11 is 1.62. The Morgan fingerprint density at radius 2 is 2.12 bits per heavy atom. The minimum Gasteiger partial charge on any atom is -0.488 e. The molecule has 2 rings (SSSR count). The highest BCUT2D eigenvalue weighted by atomic mass is 32.1. The van der Waals surface area contributed by atoms with Crippen LogP contribution in [0.3, 0.4) is 0 Å². The van der Waals surface area contributed by atoms with Crippen molar-refractivity contribution in [3.63, 3.8) is 0 Å². The molecule has 1 aromatic carbocycles. The van der Waals surface area contributed by atoms with Crippen molar-refractivity contribution in [2.24, 2.45) is 0 Å². The number of thiazole rings is 1. The molecule has 84 valence electrons. The third-order valence-electron chi connectivity index (χ3n) is 2.39. The van der Waals surface area contributed by atoms with Crippen molar-refractivity contribution in [2.75, 3.05) is 0 Å². The lowest BCUT2D eigenvalue weighted by atomic mass is 10.0. The standard InChI is InChI=1S/C13H15NOS/c1-10(2)12-5-3-4-6-13(12)15-8-11-7-14-9-16-11/h3-7,9-10H,8H2,1-2H3. The second-order valence-corrected chi connectivity index (χ2v) is 4.92. The molecule has 0 radical (unpaired) electrons. The summed E-state index contributed by atoms with van der Waals surface area (Å²) in [6.07, 6.45) is 1.85. The van der Waals surface area contributed by atoms with Crippen LogP contribution in [0.15, 0.2) is 36.0 Å². The predicted octanol–water partition coefficient (Wildman–Crippen LogP) is 3.85. The van der Waals surface area contributed by atoms with Gasteiger partial charge in [-0.3, -0.25) is 4.98 Å². The van der Waals surface area contributed by atoms with Gasteiger partial charge in [0.15, 0.2) is 0 Å². The highest BCUT2D eigenvalue weighted by molar-refractivity contribution is 7.09. The molecule has 0 spiro atoms. The molecule has 0 aliphatic carbocycles. The Hall–Kier alpha value is -1.35. The van der Waals surface area contributed by atoms with Crippen molar-refractivity contribution in [3.05, 3.63) is 46.4 Å². The monoisotopic (exact) mass is 233 g/mol. The summed E-state index contributed by atoms with van der Waals surface area (Å²) in [5.74, 6) is 1.46. The van der Waals surface area contributed by atoms with Crippen LogP contribution in [-0.2, 0) is 6.61 Å². The van der Waals surface area contributed by atoms with Crippen molar-refractivity contribution in [3.8, 4) is 5.75 Å². The van der Waals surface area contributed by atoms with E-state index in [4.69, 9.17) is 4.74 Å². The highest BCUT2D eigenvalue weighted by Crippen LogP contribution is 2.26. The quantitative estimate of drug-likeness (QED) is 0.800. The number of para-hydroxylation sites is 1. The smallest absolute Gasteiger partial charge is 0.124 e. The molecule has 0 amide bonds. The van der Waals surface area contributed by atoms with E-state index in [-0.39, 0.29) is 0 Å². The lowest BCUT2D eigenvalue weighted by Gasteiger charge is -2.12. The predicted molar refractivity (Wildman–Crippen MR) is 67.0 cm³/mol. The average molecular weight is 233 g/mol. The van der Waals surface area contributed by atoms with Crippen molar-refractivity contribution >= 4 is 11.3 Å². The molecule has 0 bridgehead atoms. The van der Waals surface area contributed by atoms with E-state index < -0.39 is 0 Å². The van der Waals surface area contributed by atoms with Crippen LogP contribution in [0.4, 0.5) is 0 Å². The van der Waals surface area contributed by atoms with Crippen molar-refractivity contribution in [2.45, 2.75) is 26.4 Å². The van der Waals surface area contributed by atoms with E-state index in [0.717, 1.165) is 10.6 Å². The van der Waals surface area contributed by atoms with Crippen LogP contribution < -0.4 is 4.74 Å². The van der Waals surface area contributed by atoms with Crippen LogP contribution in [0.5, 0.6) is 5.75 Å². The first-order valence-corrected chi connectivity index (χ1v) is 6.24. The number of aromatic nitrogens is 1. The molecule has 2 aromatic rings. The number of nitrogens with zero attached hydrogens (tertiary/aromatic N) is 1. The summed E-state index contributed by atoms with van der Waals surface area (Å²) in [5.41, 5.74) is 3.08. The third kappa shape index (κ3) is 2.61. The average Bonchev–Trinajstić information content (AvgIpc) is 2.79. The lowest BCUT2D eigenvalue weighted by Crippen LogP contribution is -1.98. The zero-order valence-electron chi connectivity index (χ0n) is 9.51. The van der Waals surface area contributed by atoms with Crippen LogP contribution in [0.1, 0.15) is 30.2 Å². The Morgan fingerprint density at radius 1 is 1.31 bits per heavy atom. The van der Waals surface area contributed by atoms with Crippen LogP contribution in [-0.4, -0.2) is 4.98 Å².